The molecule has 3 heterocycles. The van der Waals surface area contributed by atoms with Gasteiger partial charge in [0.2, 0.25) is 0 Å². The van der Waals surface area contributed by atoms with Crippen LogP contribution in [-0.2, 0) is 6.42 Å². The molecular formula is C34H36N4O3. The highest BCUT2D eigenvalue weighted by atomic mass is 16.3. The highest BCUT2D eigenvalue weighted by Gasteiger charge is 2.17. The Morgan fingerprint density at radius 1 is 0.878 bits per heavy atom. The van der Waals surface area contributed by atoms with Gasteiger partial charge in [-0.2, -0.15) is 0 Å². The van der Waals surface area contributed by atoms with Crippen molar-refractivity contribution in [1.82, 2.24) is 15.0 Å². The van der Waals surface area contributed by atoms with Crippen LogP contribution in [0.2, 0.25) is 0 Å². The largest absolute Gasteiger partial charge is 0.448 e. The lowest BCUT2D eigenvalue weighted by molar-refractivity contribution is 0.0980. The molecule has 0 unspecified atom stereocenters. The number of fused-ring (bicyclic) bond motifs is 1. The molecule has 0 bridgehead atoms. The number of ketones is 1. The molecule has 0 saturated carbocycles. The standard InChI is InChI=1S/C27H25N3O2.C7H11NO/c1-4-7-25(31)19-9-11-20(12-10-19)29-27(32)22-16-24(23-8-5-6-13-28-23)30-26-18(3)14-17(2)15-21(22)26;1-3-4-7-6(2)8-5-9-7/h5-6,8-16H,4,7H2,1-3H3,(H,29,32);5H,3-4H2,1-2H3. The molecule has 210 valence electrons. The first kappa shape index (κ1) is 29.3. The molecule has 5 aromatic rings. The van der Waals surface area contributed by atoms with Gasteiger partial charge in [-0.15, -0.1) is 0 Å². The van der Waals surface area contributed by atoms with Gasteiger partial charge in [-0.25, -0.2) is 9.97 Å². The Labute approximate surface area is 241 Å². The number of aromatic nitrogens is 3. The van der Waals surface area contributed by atoms with Crippen LogP contribution in [0.1, 0.15) is 76.4 Å². The third kappa shape index (κ3) is 7.31. The molecule has 0 fully saturated rings. The maximum Gasteiger partial charge on any atom is 0.256 e. The summed E-state index contributed by atoms with van der Waals surface area (Å²) in [5.74, 6) is 0.904. The van der Waals surface area contributed by atoms with Gasteiger partial charge in [-0.3, -0.25) is 14.6 Å². The van der Waals surface area contributed by atoms with E-state index in [-0.39, 0.29) is 11.7 Å². The normalized spacial score (nSPS) is 10.7. The van der Waals surface area contributed by atoms with Gasteiger partial charge in [0, 0.05) is 35.7 Å². The van der Waals surface area contributed by atoms with Crippen molar-refractivity contribution in [2.45, 2.75) is 60.3 Å². The zero-order valence-electron chi connectivity index (χ0n) is 24.3. The first-order chi connectivity index (χ1) is 19.8. The second kappa shape index (κ2) is 13.6. The van der Waals surface area contributed by atoms with E-state index in [1.54, 1.807) is 36.5 Å². The van der Waals surface area contributed by atoms with Gasteiger partial charge in [0.15, 0.2) is 12.2 Å². The number of nitrogens with one attached hydrogen (secondary N) is 1. The maximum atomic E-state index is 13.3. The number of benzene rings is 2. The Hall–Kier alpha value is -4.65. The van der Waals surface area contributed by atoms with Crippen molar-refractivity contribution in [3.63, 3.8) is 0 Å². The van der Waals surface area contributed by atoms with Gasteiger partial charge in [0.1, 0.15) is 5.76 Å². The zero-order chi connectivity index (χ0) is 29.4. The molecule has 0 aliphatic rings. The van der Waals surface area contributed by atoms with Crippen molar-refractivity contribution in [3.05, 3.63) is 107 Å². The minimum absolute atomic E-state index is 0.108. The van der Waals surface area contributed by atoms with Crippen LogP contribution in [0.4, 0.5) is 5.69 Å². The Morgan fingerprint density at radius 3 is 2.29 bits per heavy atom. The molecule has 2 aromatic carbocycles. The smallest absolute Gasteiger partial charge is 0.256 e. The minimum Gasteiger partial charge on any atom is -0.448 e. The van der Waals surface area contributed by atoms with E-state index in [1.807, 2.05) is 52.0 Å². The number of rotatable bonds is 8. The number of aryl methyl sites for hydroxylation is 4. The molecule has 0 aliphatic carbocycles. The van der Waals surface area contributed by atoms with E-state index >= 15 is 0 Å². The third-order valence-corrected chi connectivity index (χ3v) is 6.68. The van der Waals surface area contributed by atoms with E-state index < -0.39 is 0 Å². The predicted octanol–water partition coefficient (Wildman–Crippen LogP) is 8.08. The summed E-state index contributed by atoms with van der Waals surface area (Å²) in [5, 5.41) is 3.77. The van der Waals surface area contributed by atoms with Crippen molar-refractivity contribution in [1.29, 1.82) is 0 Å². The maximum absolute atomic E-state index is 13.3. The molecular weight excluding hydrogens is 512 g/mol. The van der Waals surface area contributed by atoms with E-state index in [4.69, 9.17) is 9.40 Å². The topological polar surface area (TPSA) is 98.0 Å². The highest BCUT2D eigenvalue weighted by Crippen LogP contribution is 2.28. The molecule has 0 aliphatic heterocycles. The van der Waals surface area contributed by atoms with E-state index in [0.29, 0.717) is 34.6 Å². The summed E-state index contributed by atoms with van der Waals surface area (Å²) in [5.41, 5.74) is 7.06. The number of nitrogens with zero attached hydrogens (tertiary/aromatic N) is 3. The zero-order valence-corrected chi connectivity index (χ0v) is 24.3. The molecule has 0 spiro atoms. The summed E-state index contributed by atoms with van der Waals surface area (Å²) >= 11 is 0. The first-order valence-corrected chi connectivity index (χ1v) is 14.0. The van der Waals surface area contributed by atoms with Crippen LogP contribution in [0.5, 0.6) is 0 Å². The summed E-state index contributed by atoms with van der Waals surface area (Å²) < 4.78 is 5.09. The van der Waals surface area contributed by atoms with Crippen LogP contribution < -0.4 is 5.32 Å². The van der Waals surface area contributed by atoms with Gasteiger partial charge in [0.05, 0.1) is 28.2 Å². The minimum atomic E-state index is -0.229. The monoisotopic (exact) mass is 548 g/mol. The second-order valence-corrected chi connectivity index (χ2v) is 10.1. The van der Waals surface area contributed by atoms with Gasteiger partial charge in [0.25, 0.3) is 5.91 Å². The number of hydrogen-bond acceptors (Lipinski definition) is 6. The quantitative estimate of drug-likeness (QED) is 0.197. The van der Waals surface area contributed by atoms with Gasteiger partial charge in [-0.1, -0.05) is 31.5 Å². The Morgan fingerprint density at radius 2 is 1.66 bits per heavy atom. The SMILES string of the molecule is CCCC(=O)c1ccc(NC(=O)c2cc(-c3ccccn3)nc3c(C)cc(C)cc23)cc1.CCCc1ocnc1C. The fourth-order valence-electron chi connectivity index (χ4n) is 4.62. The molecule has 7 heteroatoms. The molecule has 0 saturated heterocycles. The highest BCUT2D eigenvalue weighted by molar-refractivity contribution is 6.13. The summed E-state index contributed by atoms with van der Waals surface area (Å²) in [4.78, 5) is 38.6. The van der Waals surface area contributed by atoms with Crippen molar-refractivity contribution in [2.24, 2.45) is 0 Å². The Kier molecular flexibility index (Phi) is 9.74. The Balaban J connectivity index is 0.000000367. The van der Waals surface area contributed by atoms with Crippen molar-refractivity contribution in [2.75, 3.05) is 5.32 Å². The Bertz CT molecular complexity index is 1640. The molecule has 0 radical (unpaired) electrons. The number of Topliss-reactive ketones (excluding diaryl/α,β-unsaturated/α-hetero) is 1. The molecule has 3 aromatic heterocycles. The van der Waals surface area contributed by atoms with Crippen LogP contribution in [0.15, 0.2) is 77.7 Å². The van der Waals surface area contributed by atoms with E-state index in [9.17, 15) is 9.59 Å². The molecule has 7 nitrogen and oxygen atoms in total. The number of carbonyl (C=O) groups excluding carboxylic acids is 2. The van der Waals surface area contributed by atoms with E-state index in [1.165, 1.54) is 6.39 Å². The average molecular weight is 549 g/mol. The van der Waals surface area contributed by atoms with Crippen LogP contribution in [0.3, 0.4) is 0 Å². The number of amides is 1. The molecule has 5 rings (SSSR count). The summed E-state index contributed by atoms with van der Waals surface area (Å²) in [6.07, 6.45) is 6.67. The fourth-order valence-corrected chi connectivity index (χ4v) is 4.62. The predicted molar refractivity (Wildman–Crippen MR) is 163 cm³/mol. The van der Waals surface area contributed by atoms with Gasteiger partial charge >= 0.3 is 0 Å². The van der Waals surface area contributed by atoms with E-state index in [2.05, 4.69) is 28.3 Å². The fraction of sp³-hybridized carbons (Fsp3) is 0.265. The summed E-state index contributed by atoms with van der Waals surface area (Å²) in [7, 11) is 0. The second-order valence-electron chi connectivity index (χ2n) is 10.1. The number of pyridine rings is 2. The van der Waals surface area contributed by atoms with Crippen molar-refractivity contribution in [3.8, 4) is 11.4 Å². The van der Waals surface area contributed by atoms with Gasteiger partial charge in [-0.05, 0) is 87.7 Å². The number of carbonyl (C=O) groups is 2. The number of oxazole rings is 1. The van der Waals surface area contributed by atoms with Crippen LogP contribution in [0, 0.1) is 20.8 Å². The molecule has 41 heavy (non-hydrogen) atoms. The lowest BCUT2D eigenvalue weighted by Crippen LogP contribution is -2.13. The van der Waals surface area contributed by atoms with Crippen LogP contribution in [-0.4, -0.2) is 26.6 Å². The average Bonchev–Trinajstić information content (AvgIpc) is 3.38. The summed E-state index contributed by atoms with van der Waals surface area (Å²) in [6, 6.07) is 18.5. The molecule has 1 amide bonds. The first-order valence-electron chi connectivity index (χ1n) is 14.0. The number of hydrogen-bond donors (Lipinski definition) is 1. The van der Waals surface area contributed by atoms with Gasteiger partial charge < -0.3 is 9.73 Å². The lowest BCUT2D eigenvalue weighted by atomic mass is 10.00. The number of anilines is 1. The van der Waals surface area contributed by atoms with Crippen molar-refractivity contribution < 1.29 is 14.0 Å². The van der Waals surface area contributed by atoms with Crippen LogP contribution in [0.25, 0.3) is 22.3 Å². The van der Waals surface area contributed by atoms with E-state index in [0.717, 1.165) is 52.7 Å². The van der Waals surface area contributed by atoms with Crippen LogP contribution >= 0.6 is 0 Å². The molecule has 1 N–H and O–H groups in total. The molecule has 0 atom stereocenters. The van der Waals surface area contributed by atoms with Crippen molar-refractivity contribution >= 4 is 28.3 Å². The third-order valence-electron chi connectivity index (χ3n) is 6.68. The lowest BCUT2D eigenvalue weighted by Gasteiger charge is -2.13. The summed E-state index contributed by atoms with van der Waals surface area (Å²) in [6.45, 7) is 10.1.